The number of hydrogen-bond acceptors (Lipinski definition) is 2. The second-order valence-corrected chi connectivity index (χ2v) is 5.05. The summed E-state index contributed by atoms with van der Waals surface area (Å²) in [4.78, 5) is 2.51. The lowest BCUT2D eigenvalue weighted by atomic mass is 9.93. The molecule has 1 aliphatic rings. The van der Waals surface area contributed by atoms with Crippen LogP contribution in [0.4, 0.5) is 5.69 Å². The third-order valence-corrected chi connectivity index (χ3v) is 3.62. The molecule has 1 aromatic rings. The lowest BCUT2D eigenvalue weighted by Crippen LogP contribution is -2.40. The number of rotatable bonds is 2. The van der Waals surface area contributed by atoms with Crippen LogP contribution in [0.1, 0.15) is 32.3 Å². The predicted molar refractivity (Wildman–Crippen MR) is 69.5 cm³/mol. The van der Waals surface area contributed by atoms with Crippen molar-refractivity contribution in [1.29, 1.82) is 0 Å². The fraction of sp³-hybridized carbons (Fsp3) is 0.571. The van der Waals surface area contributed by atoms with Crippen LogP contribution in [0, 0.1) is 5.92 Å². The Hall–Kier alpha value is -1.02. The zero-order chi connectivity index (χ0) is 11.5. The molecule has 2 N–H and O–H groups in total. The largest absolute Gasteiger partial charge is 0.369 e. The lowest BCUT2D eigenvalue weighted by molar-refractivity contribution is 0.378. The Morgan fingerprint density at radius 1 is 1.38 bits per heavy atom. The van der Waals surface area contributed by atoms with E-state index in [1.54, 1.807) is 0 Å². The van der Waals surface area contributed by atoms with E-state index in [4.69, 9.17) is 5.73 Å². The fourth-order valence-electron chi connectivity index (χ4n) is 2.65. The molecule has 0 radical (unpaired) electrons. The quantitative estimate of drug-likeness (QED) is 0.827. The number of hydrogen-bond donors (Lipinski definition) is 1. The summed E-state index contributed by atoms with van der Waals surface area (Å²) in [6.45, 7) is 6.48. The molecule has 1 aliphatic heterocycles. The molecule has 2 rings (SSSR count). The van der Waals surface area contributed by atoms with Gasteiger partial charge >= 0.3 is 0 Å². The minimum absolute atomic E-state index is 0.631. The van der Waals surface area contributed by atoms with Crippen LogP contribution in [-0.2, 0) is 6.54 Å². The molecule has 2 nitrogen and oxygen atoms in total. The molecule has 2 heteroatoms. The van der Waals surface area contributed by atoms with Crippen molar-refractivity contribution < 1.29 is 0 Å². The first-order chi connectivity index (χ1) is 7.70. The number of anilines is 1. The molecule has 2 unspecified atom stereocenters. The van der Waals surface area contributed by atoms with E-state index in [1.165, 1.54) is 30.6 Å². The van der Waals surface area contributed by atoms with Gasteiger partial charge in [0.05, 0.1) is 0 Å². The molecule has 2 atom stereocenters. The predicted octanol–water partition coefficient (Wildman–Crippen LogP) is 2.77. The molecular formula is C14H22N2. The highest BCUT2D eigenvalue weighted by Crippen LogP contribution is 2.28. The van der Waals surface area contributed by atoms with Crippen molar-refractivity contribution in [3.05, 3.63) is 29.8 Å². The summed E-state index contributed by atoms with van der Waals surface area (Å²) in [6, 6.07) is 9.29. The summed E-state index contributed by atoms with van der Waals surface area (Å²) in [6.07, 6.45) is 2.60. The van der Waals surface area contributed by atoms with Crippen LogP contribution in [0.2, 0.25) is 0 Å². The van der Waals surface area contributed by atoms with E-state index >= 15 is 0 Å². The number of piperidine rings is 1. The second-order valence-electron chi connectivity index (χ2n) is 5.05. The van der Waals surface area contributed by atoms with E-state index in [9.17, 15) is 0 Å². The molecule has 0 aromatic heterocycles. The molecule has 1 saturated heterocycles. The van der Waals surface area contributed by atoms with Gasteiger partial charge in [-0.05, 0) is 43.4 Å². The summed E-state index contributed by atoms with van der Waals surface area (Å²) in [5, 5.41) is 0. The van der Waals surface area contributed by atoms with Crippen LogP contribution in [0.3, 0.4) is 0 Å². The van der Waals surface area contributed by atoms with E-state index < -0.39 is 0 Å². The maximum absolute atomic E-state index is 5.69. The first-order valence-corrected chi connectivity index (χ1v) is 6.26. The van der Waals surface area contributed by atoms with Gasteiger partial charge in [-0.25, -0.2) is 0 Å². The highest BCUT2D eigenvalue weighted by molar-refractivity contribution is 5.49. The minimum Gasteiger partial charge on any atom is -0.369 e. The van der Waals surface area contributed by atoms with Gasteiger partial charge in [-0.1, -0.05) is 19.1 Å². The summed E-state index contributed by atoms with van der Waals surface area (Å²) in [5.74, 6) is 0.865. The summed E-state index contributed by atoms with van der Waals surface area (Å²) < 4.78 is 0. The van der Waals surface area contributed by atoms with E-state index in [2.05, 4.69) is 43.0 Å². The average molecular weight is 218 g/mol. The number of benzene rings is 1. The van der Waals surface area contributed by atoms with E-state index in [0.717, 1.165) is 5.92 Å². The van der Waals surface area contributed by atoms with Crippen LogP contribution >= 0.6 is 0 Å². The molecule has 0 spiro atoms. The first kappa shape index (κ1) is 11.5. The molecule has 1 aromatic carbocycles. The van der Waals surface area contributed by atoms with Crippen LogP contribution in [0.15, 0.2) is 24.3 Å². The zero-order valence-corrected chi connectivity index (χ0v) is 10.3. The van der Waals surface area contributed by atoms with Crippen LogP contribution in [-0.4, -0.2) is 12.6 Å². The number of nitrogens with two attached hydrogens (primary N) is 1. The molecule has 0 aliphatic carbocycles. The lowest BCUT2D eigenvalue weighted by Gasteiger charge is -2.38. The van der Waals surface area contributed by atoms with Gasteiger partial charge < -0.3 is 10.6 Å². The maximum atomic E-state index is 5.69. The minimum atomic E-state index is 0.631. The third-order valence-electron chi connectivity index (χ3n) is 3.62. The summed E-state index contributed by atoms with van der Waals surface area (Å²) in [7, 11) is 0. The topological polar surface area (TPSA) is 29.3 Å². The molecule has 0 saturated carbocycles. The smallest absolute Gasteiger partial charge is 0.0371 e. The highest BCUT2D eigenvalue weighted by Gasteiger charge is 2.22. The Morgan fingerprint density at radius 3 is 2.88 bits per heavy atom. The molecule has 0 bridgehead atoms. The third kappa shape index (κ3) is 2.38. The monoisotopic (exact) mass is 218 g/mol. The van der Waals surface area contributed by atoms with Gasteiger partial charge in [0, 0.05) is 24.8 Å². The molecule has 88 valence electrons. The van der Waals surface area contributed by atoms with Crippen molar-refractivity contribution in [2.75, 3.05) is 11.4 Å². The number of nitrogens with zero attached hydrogens (tertiary/aromatic N) is 1. The van der Waals surface area contributed by atoms with Gasteiger partial charge in [-0.3, -0.25) is 0 Å². The van der Waals surface area contributed by atoms with E-state index in [0.29, 0.717) is 12.6 Å². The van der Waals surface area contributed by atoms with Crippen LogP contribution in [0.5, 0.6) is 0 Å². The van der Waals surface area contributed by atoms with E-state index in [-0.39, 0.29) is 0 Å². The summed E-state index contributed by atoms with van der Waals surface area (Å²) in [5.41, 5.74) is 8.25. The fourth-order valence-corrected chi connectivity index (χ4v) is 2.65. The Labute approximate surface area is 98.4 Å². The molecule has 1 heterocycles. The second kappa shape index (κ2) is 4.88. The highest BCUT2D eigenvalue weighted by atomic mass is 15.2. The molecular weight excluding hydrogens is 196 g/mol. The first-order valence-electron chi connectivity index (χ1n) is 6.26. The van der Waals surface area contributed by atoms with Gasteiger partial charge in [-0.15, -0.1) is 0 Å². The van der Waals surface area contributed by atoms with Crippen molar-refractivity contribution in [3.63, 3.8) is 0 Å². The standard InChI is InChI=1S/C14H22N2/c1-11-6-7-16(12(2)8-11)14-5-3-4-13(9-14)10-15/h3-5,9,11-12H,6-8,10,15H2,1-2H3. The van der Waals surface area contributed by atoms with Crippen LogP contribution in [0.25, 0.3) is 0 Å². The van der Waals surface area contributed by atoms with Gasteiger partial charge in [0.1, 0.15) is 0 Å². The van der Waals surface area contributed by atoms with Gasteiger partial charge in [-0.2, -0.15) is 0 Å². The van der Waals surface area contributed by atoms with Crippen LogP contribution < -0.4 is 10.6 Å². The van der Waals surface area contributed by atoms with Crippen molar-refractivity contribution in [2.45, 2.75) is 39.3 Å². The molecule has 16 heavy (non-hydrogen) atoms. The Bertz CT molecular complexity index is 348. The SMILES string of the molecule is CC1CCN(c2cccc(CN)c2)C(C)C1. The van der Waals surface area contributed by atoms with Gasteiger partial charge in [0.2, 0.25) is 0 Å². The van der Waals surface area contributed by atoms with Gasteiger partial charge in [0.15, 0.2) is 0 Å². The van der Waals surface area contributed by atoms with Gasteiger partial charge in [0.25, 0.3) is 0 Å². The average Bonchev–Trinajstić information content (AvgIpc) is 2.29. The zero-order valence-electron chi connectivity index (χ0n) is 10.3. The van der Waals surface area contributed by atoms with Crippen molar-refractivity contribution in [1.82, 2.24) is 0 Å². The molecule has 0 amide bonds. The normalized spacial score (nSPS) is 25.8. The van der Waals surface area contributed by atoms with Crippen molar-refractivity contribution in [3.8, 4) is 0 Å². The summed E-state index contributed by atoms with van der Waals surface area (Å²) >= 11 is 0. The maximum Gasteiger partial charge on any atom is 0.0371 e. The molecule has 1 fully saturated rings. The van der Waals surface area contributed by atoms with Crippen molar-refractivity contribution in [2.24, 2.45) is 11.7 Å². The Balaban J connectivity index is 2.16. The Kier molecular flexibility index (Phi) is 3.49. The Morgan fingerprint density at radius 2 is 2.19 bits per heavy atom. The van der Waals surface area contributed by atoms with E-state index in [1.807, 2.05) is 0 Å². The van der Waals surface area contributed by atoms with Crippen molar-refractivity contribution >= 4 is 5.69 Å².